The maximum atomic E-state index is 12.9. The van der Waals surface area contributed by atoms with E-state index in [-0.39, 0.29) is 10.5 Å². The van der Waals surface area contributed by atoms with Gasteiger partial charge in [-0.2, -0.15) is 9.41 Å². The number of ether oxygens (including phenoxy) is 1. The van der Waals surface area contributed by atoms with Crippen molar-refractivity contribution in [2.75, 3.05) is 19.7 Å². The zero-order valence-corrected chi connectivity index (χ0v) is 20.1. The van der Waals surface area contributed by atoms with Crippen LogP contribution in [0, 0.1) is 0 Å². The van der Waals surface area contributed by atoms with E-state index in [4.69, 9.17) is 9.84 Å². The van der Waals surface area contributed by atoms with Gasteiger partial charge in [-0.25, -0.2) is 18.6 Å². The molecule has 1 amide bonds. The molecule has 186 valence electrons. The Labute approximate surface area is 209 Å². The second-order valence-electron chi connectivity index (χ2n) is 8.11. The number of carboxylic acids is 1. The summed E-state index contributed by atoms with van der Waals surface area (Å²) in [7, 11) is -3.66. The number of amides is 1. The summed E-state index contributed by atoms with van der Waals surface area (Å²) in [6.45, 7) is 0.495. The summed E-state index contributed by atoms with van der Waals surface area (Å²) in [6.07, 6.45) is 1.64. The van der Waals surface area contributed by atoms with Gasteiger partial charge < -0.3 is 9.84 Å². The van der Waals surface area contributed by atoms with Gasteiger partial charge in [-0.3, -0.25) is 4.79 Å². The third-order valence-corrected chi connectivity index (χ3v) is 7.50. The highest BCUT2D eigenvalue weighted by Gasteiger charge is 2.27. The molecule has 0 spiro atoms. The van der Waals surface area contributed by atoms with Crippen LogP contribution in [0.2, 0.25) is 0 Å². The standard InChI is InChI=1S/C26H25N3O6S/c30-24(31)18-35-22-13-11-20(12-14-22)25(19-7-2-1-3-8-19)27-28-26(32)21-9-6-10-23(17-21)36(33,34)29-15-4-5-16-29/h1-3,6-14,17H,4-5,15-16,18H2,(H,28,32)(H,30,31)/b27-25-. The molecule has 3 aromatic carbocycles. The molecule has 10 heteroatoms. The van der Waals surface area contributed by atoms with Crippen LogP contribution in [0.4, 0.5) is 0 Å². The number of hydrogen-bond acceptors (Lipinski definition) is 6. The largest absolute Gasteiger partial charge is 0.482 e. The van der Waals surface area contributed by atoms with Gasteiger partial charge in [-0.1, -0.05) is 36.4 Å². The fourth-order valence-corrected chi connectivity index (χ4v) is 5.36. The first kappa shape index (κ1) is 25.1. The highest BCUT2D eigenvalue weighted by molar-refractivity contribution is 7.89. The molecular formula is C26H25N3O6S. The third kappa shape index (κ3) is 5.96. The molecule has 4 rings (SSSR count). The van der Waals surface area contributed by atoms with E-state index in [0.29, 0.717) is 30.1 Å². The second kappa shape index (κ2) is 11.1. The maximum absolute atomic E-state index is 12.9. The average molecular weight is 508 g/mol. The molecule has 36 heavy (non-hydrogen) atoms. The number of rotatable bonds is 9. The average Bonchev–Trinajstić information content (AvgIpc) is 3.45. The predicted molar refractivity (Wildman–Crippen MR) is 134 cm³/mol. The van der Waals surface area contributed by atoms with Crippen LogP contribution in [-0.4, -0.2) is 55.1 Å². The minimum atomic E-state index is -3.66. The van der Waals surface area contributed by atoms with E-state index in [1.54, 1.807) is 24.3 Å². The van der Waals surface area contributed by atoms with Crippen molar-refractivity contribution in [1.82, 2.24) is 9.73 Å². The van der Waals surface area contributed by atoms with Crippen LogP contribution in [0.1, 0.15) is 34.3 Å². The maximum Gasteiger partial charge on any atom is 0.341 e. The Morgan fingerprint density at radius 2 is 1.53 bits per heavy atom. The number of carboxylic acid groups (broad SMARTS) is 1. The minimum Gasteiger partial charge on any atom is -0.482 e. The molecule has 1 aliphatic heterocycles. The van der Waals surface area contributed by atoms with Crippen molar-refractivity contribution in [1.29, 1.82) is 0 Å². The first-order chi connectivity index (χ1) is 17.3. The number of aliphatic carboxylic acids is 1. The van der Waals surface area contributed by atoms with Gasteiger partial charge in [0.05, 0.1) is 10.6 Å². The van der Waals surface area contributed by atoms with Crippen molar-refractivity contribution in [3.8, 4) is 5.75 Å². The smallest absolute Gasteiger partial charge is 0.341 e. The number of carbonyl (C=O) groups is 2. The quantitative estimate of drug-likeness (QED) is 0.339. The molecule has 0 unspecified atom stereocenters. The van der Waals surface area contributed by atoms with Crippen molar-refractivity contribution < 1.29 is 27.9 Å². The molecule has 1 fully saturated rings. The van der Waals surface area contributed by atoms with E-state index in [1.165, 1.54) is 28.6 Å². The number of nitrogens with zero attached hydrogens (tertiary/aromatic N) is 2. The Kier molecular flexibility index (Phi) is 7.77. The second-order valence-corrected chi connectivity index (χ2v) is 10.1. The number of sulfonamides is 1. The molecule has 1 saturated heterocycles. The Morgan fingerprint density at radius 1 is 0.889 bits per heavy atom. The summed E-state index contributed by atoms with van der Waals surface area (Å²) >= 11 is 0. The Balaban J connectivity index is 1.57. The van der Waals surface area contributed by atoms with Gasteiger partial charge in [0.1, 0.15) is 5.75 Å². The molecular weight excluding hydrogens is 482 g/mol. The first-order valence-electron chi connectivity index (χ1n) is 11.3. The van der Waals surface area contributed by atoms with E-state index < -0.39 is 28.5 Å². The number of hydrogen-bond donors (Lipinski definition) is 2. The summed E-state index contributed by atoms with van der Waals surface area (Å²) in [5, 5.41) is 13.1. The minimum absolute atomic E-state index is 0.0706. The molecule has 2 N–H and O–H groups in total. The monoisotopic (exact) mass is 507 g/mol. The predicted octanol–water partition coefficient (Wildman–Crippen LogP) is 3.12. The highest BCUT2D eigenvalue weighted by Crippen LogP contribution is 2.22. The van der Waals surface area contributed by atoms with Crippen LogP contribution in [-0.2, 0) is 14.8 Å². The van der Waals surface area contributed by atoms with Gasteiger partial charge in [-0.15, -0.1) is 0 Å². The Morgan fingerprint density at radius 3 is 2.19 bits per heavy atom. The Hall–Kier alpha value is -4.02. The first-order valence-corrected chi connectivity index (χ1v) is 12.8. The summed E-state index contributed by atoms with van der Waals surface area (Å²) in [4.78, 5) is 23.7. The molecule has 0 saturated carbocycles. The molecule has 0 bridgehead atoms. The molecule has 0 radical (unpaired) electrons. The highest BCUT2D eigenvalue weighted by atomic mass is 32.2. The lowest BCUT2D eigenvalue weighted by Gasteiger charge is -2.15. The summed E-state index contributed by atoms with van der Waals surface area (Å²) in [5.41, 5.74) is 4.57. The summed E-state index contributed by atoms with van der Waals surface area (Å²) in [5.74, 6) is -1.25. The molecule has 9 nitrogen and oxygen atoms in total. The van der Waals surface area contributed by atoms with Crippen LogP contribution < -0.4 is 10.2 Å². The molecule has 0 aliphatic carbocycles. The number of nitrogens with one attached hydrogen (secondary N) is 1. The fourth-order valence-electron chi connectivity index (χ4n) is 3.79. The van der Waals surface area contributed by atoms with Crippen LogP contribution >= 0.6 is 0 Å². The third-order valence-electron chi connectivity index (χ3n) is 5.61. The van der Waals surface area contributed by atoms with Crippen LogP contribution in [0.3, 0.4) is 0 Å². The van der Waals surface area contributed by atoms with E-state index in [2.05, 4.69) is 10.5 Å². The fraction of sp³-hybridized carbons (Fsp3) is 0.192. The van der Waals surface area contributed by atoms with E-state index in [9.17, 15) is 18.0 Å². The SMILES string of the molecule is O=C(O)COc1ccc(/C(=N\NC(=O)c2cccc(S(=O)(=O)N3CCCC3)c2)c2ccccc2)cc1. The lowest BCUT2D eigenvalue weighted by Crippen LogP contribution is -2.28. The number of hydrazone groups is 1. The molecule has 1 heterocycles. The normalized spacial score (nSPS) is 14.4. The van der Waals surface area contributed by atoms with Gasteiger partial charge >= 0.3 is 5.97 Å². The van der Waals surface area contributed by atoms with Gasteiger partial charge in [0, 0.05) is 29.8 Å². The lowest BCUT2D eigenvalue weighted by molar-refractivity contribution is -0.139. The topological polar surface area (TPSA) is 125 Å². The number of carbonyl (C=O) groups excluding carboxylic acids is 1. The van der Waals surface area contributed by atoms with Crippen molar-refractivity contribution in [3.05, 3.63) is 95.6 Å². The van der Waals surface area contributed by atoms with E-state index in [1.807, 2.05) is 30.3 Å². The molecule has 0 atom stereocenters. The summed E-state index contributed by atoms with van der Waals surface area (Å²) in [6, 6.07) is 21.8. The number of benzene rings is 3. The molecule has 1 aliphatic rings. The van der Waals surface area contributed by atoms with Gasteiger partial charge in [0.25, 0.3) is 5.91 Å². The summed E-state index contributed by atoms with van der Waals surface area (Å²) < 4.78 is 32.4. The van der Waals surface area contributed by atoms with Crippen molar-refractivity contribution in [3.63, 3.8) is 0 Å². The van der Waals surface area contributed by atoms with Crippen molar-refractivity contribution >= 4 is 27.6 Å². The zero-order chi connectivity index (χ0) is 25.5. The van der Waals surface area contributed by atoms with Gasteiger partial charge in [0.2, 0.25) is 10.0 Å². The van der Waals surface area contributed by atoms with Crippen LogP contribution in [0.25, 0.3) is 0 Å². The molecule has 0 aromatic heterocycles. The zero-order valence-electron chi connectivity index (χ0n) is 19.3. The van der Waals surface area contributed by atoms with E-state index >= 15 is 0 Å². The lowest BCUT2D eigenvalue weighted by atomic mass is 10.0. The van der Waals surface area contributed by atoms with Crippen LogP contribution in [0.5, 0.6) is 5.75 Å². The van der Waals surface area contributed by atoms with Crippen molar-refractivity contribution in [2.24, 2.45) is 5.10 Å². The molecule has 3 aromatic rings. The van der Waals surface area contributed by atoms with Gasteiger partial charge in [0.15, 0.2) is 6.61 Å². The van der Waals surface area contributed by atoms with Gasteiger partial charge in [-0.05, 0) is 55.3 Å². The van der Waals surface area contributed by atoms with E-state index in [0.717, 1.165) is 18.4 Å². The van der Waals surface area contributed by atoms with Crippen molar-refractivity contribution in [2.45, 2.75) is 17.7 Å². The van der Waals surface area contributed by atoms with Crippen LogP contribution in [0.15, 0.2) is 88.9 Å². The Bertz CT molecular complexity index is 1370.